The maximum absolute atomic E-state index is 12.7. The van der Waals surface area contributed by atoms with Gasteiger partial charge < -0.3 is 5.32 Å². The van der Waals surface area contributed by atoms with Gasteiger partial charge in [-0.3, -0.25) is 4.79 Å². The first kappa shape index (κ1) is 18.8. The van der Waals surface area contributed by atoms with E-state index in [0.717, 1.165) is 30.5 Å². The summed E-state index contributed by atoms with van der Waals surface area (Å²) in [4.78, 5) is 12.1. The Morgan fingerprint density at radius 3 is 2.48 bits per heavy atom. The van der Waals surface area contributed by atoms with Gasteiger partial charge in [0.2, 0.25) is 0 Å². The average Bonchev–Trinajstić information content (AvgIpc) is 2.60. The molecule has 132 valence electrons. The lowest BCUT2D eigenvalue weighted by atomic mass is 10.1. The molecule has 25 heavy (non-hydrogen) atoms. The molecule has 0 radical (unpaired) electrons. The van der Waals surface area contributed by atoms with Crippen molar-refractivity contribution in [1.29, 1.82) is 0 Å². The molecule has 0 spiro atoms. The van der Waals surface area contributed by atoms with Gasteiger partial charge in [0.25, 0.3) is 5.91 Å². The van der Waals surface area contributed by atoms with Crippen LogP contribution in [0.25, 0.3) is 6.08 Å². The van der Waals surface area contributed by atoms with Gasteiger partial charge in [0, 0.05) is 12.1 Å². The number of hydrogen-bond acceptors (Lipinski definition) is 1. The Hall–Kier alpha value is -2.56. The first-order valence-corrected chi connectivity index (χ1v) is 8.11. The molecule has 0 unspecified atom stereocenters. The molecule has 0 aliphatic heterocycles. The number of rotatable bonds is 6. The lowest BCUT2D eigenvalue weighted by Gasteiger charge is -2.10. The minimum Gasteiger partial charge on any atom is -0.348 e. The van der Waals surface area contributed by atoms with Crippen LogP contribution in [0.15, 0.2) is 54.6 Å². The second-order valence-electron chi connectivity index (χ2n) is 5.69. The number of nitrogens with one attached hydrogen (secondary N) is 1. The van der Waals surface area contributed by atoms with Crippen LogP contribution in [-0.4, -0.2) is 5.91 Å². The van der Waals surface area contributed by atoms with Crippen molar-refractivity contribution < 1.29 is 18.0 Å². The number of benzene rings is 2. The predicted molar refractivity (Wildman–Crippen MR) is 93.0 cm³/mol. The van der Waals surface area contributed by atoms with E-state index >= 15 is 0 Å². The number of hydrogen-bond donors (Lipinski definition) is 1. The lowest BCUT2D eigenvalue weighted by molar-refractivity contribution is -0.137. The maximum atomic E-state index is 12.7. The van der Waals surface area contributed by atoms with Gasteiger partial charge in [0.15, 0.2) is 0 Å². The van der Waals surface area contributed by atoms with Crippen LogP contribution in [-0.2, 0) is 12.7 Å². The lowest BCUT2D eigenvalue weighted by Crippen LogP contribution is -2.23. The quantitative estimate of drug-likeness (QED) is 0.740. The minimum atomic E-state index is -4.39. The third kappa shape index (κ3) is 5.78. The van der Waals surface area contributed by atoms with E-state index in [1.165, 1.54) is 6.07 Å². The number of amides is 1. The normalized spacial score (nSPS) is 11.7. The molecule has 0 aliphatic rings. The third-order valence-corrected chi connectivity index (χ3v) is 3.65. The molecule has 0 fully saturated rings. The van der Waals surface area contributed by atoms with E-state index in [2.05, 4.69) is 18.3 Å². The topological polar surface area (TPSA) is 29.1 Å². The Morgan fingerprint density at radius 2 is 1.84 bits per heavy atom. The van der Waals surface area contributed by atoms with Gasteiger partial charge in [0.05, 0.1) is 5.56 Å². The zero-order valence-electron chi connectivity index (χ0n) is 13.9. The second kappa shape index (κ2) is 8.51. The van der Waals surface area contributed by atoms with Crippen molar-refractivity contribution in [3.05, 3.63) is 76.9 Å². The predicted octanol–water partition coefficient (Wildman–Crippen LogP) is 5.45. The first-order valence-electron chi connectivity index (χ1n) is 8.11. The molecule has 2 aromatic rings. The van der Waals surface area contributed by atoms with Crippen LogP contribution in [0.5, 0.6) is 0 Å². The molecule has 0 aliphatic carbocycles. The van der Waals surface area contributed by atoms with Gasteiger partial charge in [-0.2, -0.15) is 13.2 Å². The fraction of sp³-hybridized carbons (Fsp3) is 0.250. The molecule has 0 heterocycles. The zero-order chi connectivity index (χ0) is 18.3. The van der Waals surface area contributed by atoms with Crippen molar-refractivity contribution in [3.8, 4) is 0 Å². The van der Waals surface area contributed by atoms with Gasteiger partial charge in [0.1, 0.15) is 0 Å². The fourth-order valence-electron chi connectivity index (χ4n) is 2.27. The van der Waals surface area contributed by atoms with Crippen molar-refractivity contribution in [2.24, 2.45) is 0 Å². The molecular weight excluding hydrogens is 327 g/mol. The van der Waals surface area contributed by atoms with Crippen molar-refractivity contribution in [1.82, 2.24) is 5.32 Å². The van der Waals surface area contributed by atoms with E-state index < -0.39 is 11.7 Å². The highest BCUT2D eigenvalue weighted by atomic mass is 19.4. The monoisotopic (exact) mass is 347 g/mol. The molecule has 2 nitrogen and oxygen atoms in total. The van der Waals surface area contributed by atoms with E-state index in [1.807, 2.05) is 18.2 Å². The molecule has 2 aromatic carbocycles. The Bertz CT molecular complexity index is 733. The smallest absolute Gasteiger partial charge is 0.348 e. The van der Waals surface area contributed by atoms with Crippen LogP contribution in [0.4, 0.5) is 13.2 Å². The van der Waals surface area contributed by atoms with Crippen molar-refractivity contribution in [2.45, 2.75) is 32.5 Å². The van der Waals surface area contributed by atoms with Crippen molar-refractivity contribution >= 4 is 12.0 Å². The highest BCUT2D eigenvalue weighted by molar-refractivity contribution is 5.94. The summed E-state index contributed by atoms with van der Waals surface area (Å²) in [5.41, 5.74) is 1.16. The number of carbonyl (C=O) groups excluding carboxylic acids is 1. The number of carbonyl (C=O) groups is 1. The summed E-state index contributed by atoms with van der Waals surface area (Å²) in [6.07, 6.45) is 1.75. The highest BCUT2D eigenvalue weighted by Gasteiger charge is 2.30. The Balaban J connectivity index is 1.96. The van der Waals surface area contributed by atoms with Gasteiger partial charge in [-0.15, -0.1) is 0 Å². The number of alkyl halides is 3. The summed E-state index contributed by atoms with van der Waals surface area (Å²) in [6.45, 7) is 2.14. The van der Waals surface area contributed by atoms with Crippen LogP contribution in [0.3, 0.4) is 0 Å². The van der Waals surface area contributed by atoms with Crippen LogP contribution in [0.1, 0.15) is 46.8 Å². The SMILES string of the molecule is CCC/C=C/c1ccc(C(=O)NCc2cccc(C(F)(F)F)c2)cc1. The minimum absolute atomic E-state index is 0.0426. The summed E-state index contributed by atoms with van der Waals surface area (Å²) in [7, 11) is 0. The van der Waals surface area contributed by atoms with Gasteiger partial charge in [-0.05, 0) is 41.8 Å². The number of unbranched alkanes of at least 4 members (excludes halogenated alkanes) is 1. The number of halogens is 3. The van der Waals surface area contributed by atoms with Gasteiger partial charge in [-0.25, -0.2) is 0 Å². The molecule has 1 amide bonds. The summed E-state index contributed by atoms with van der Waals surface area (Å²) < 4.78 is 38.1. The Labute approximate surface area is 145 Å². The van der Waals surface area contributed by atoms with E-state index in [4.69, 9.17) is 0 Å². The molecular formula is C20H20F3NO. The molecule has 5 heteroatoms. The number of allylic oxidation sites excluding steroid dienone is 1. The summed E-state index contributed by atoms with van der Waals surface area (Å²) in [5.74, 6) is -0.318. The summed E-state index contributed by atoms with van der Waals surface area (Å²) in [5, 5.41) is 2.64. The van der Waals surface area contributed by atoms with Gasteiger partial charge in [-0.1, -0.05) is 49.8 Å². The molecule has 0 aromatic heterocycles. The van der Waals surface area contributed by atoms with E-state index in [0.29, 0.717) is 11.1 Å². The first-order chi connectivity index (χ1) is 11.9. The second-order valence-corrected chi connectivity index (χ2v) is 5.69. The Kier molecular flexibility index (Phi) is 6.39. The van der Waals surface area contributed by atoms with E-state index in [1.54, 1.807) is 18.2 Å². The largest absolute Gasteiger partial charge is 0.416 e. The highest BCUT2D eigenvalue weighted by Crippen LogP contribution is 2.29. The molecule has 0 atom stereocenters. The summed E-state index contributed by atoms with van der Waals surface area (Å²) >= 11 is 0. The molecule has 1 N–H and O–H groups in total. The molecule has 0 saturated carbocycles. The standard InChI is InChI=1S/C20H20F3NO/c1-2-3-4-6-15-9-11-17(12-10-15)19(25)24-14-16-7-5-8-18(13-16)20(21,22)23/h4-13H,2-3,14H2,1H3,(H,24,25)/b6-4+. The third-order valence-electron chi connectivity index (χ3n) is 3.65. The average molecular weight is 347 g/mol. The van der Waals surface area contributed by atoms with Gasteiger partial charge >= 0.3 is 6.18 Å². The zero-order valence-corrected chi connectivity index (χ0v) is 13.9. The molecule has 2 rings (SSSR count). The maximum Gasteiger partial charge on any atom is 0.416 e. The molecule has 0 saturated heterocycles. The van der Waals surface area contributed by atoms with Crippen molar-refractivity contribution in [3.63, 3.8) is 0 Å². The van der Waals surface area contributed by atoms with Crippen LogP contribution >= 0.6 is 0 Å². The van der Waals surface area contributed by atoms with Crippen LogP contribution in [0.2, 0.25) is 0 Å². The van der Waals surface area contributed by atoms with Crippen LogP contribution in [0, 0.1) is 0 Å². The Morgan fingerprint density at radius 1 is 1.12 bits per heavy atom. The fourth-order valence-corrected chi connectivity index (χ4v) is 2.27. The van der Waals surface area contributed by atoms with Crippen LogP contribution < -0.4 is 5.32 Å². The van der Waals surface area contributed by atoms with E-state index in [9.17, 15) is 18.0 Å². The summed E-state index contributed by atoms with van der Waals surface area (Å²) in [6, 6.07) is 12.0. The van der Waals surface area contributed by atoms with Crippen molar-refractivity contribution in [2.75, 3.05) is 0 Å². The van der Waals surface area contributed by atoms with E-state index in [-0.39, 0.29) is 12.5 Å². The molecule has 0 bridgehead atoms.